The molecule has 0 N–H and O–H groups in total. The van der Waals surface area contributed by atoms with Gasteiger partial charge in [0.1, 0.15) is 6.61 Å². The van der Waals surface area contributed by atoms with E-state index in [0.29, 0.717) is 25.9 Å². The van der Waals surface area contributed by atoms with Crippen LogP contribution in [-0.4, -0.2) is 30.1 Å². The van der Waals surface area contributed by atoms with Crippen LogP contribution in [0.2, 0.25) is 0 Å². The summed E-state index contributed by atoms with van der Waals surface area (Å²) in [4.78, 5) is 21.2. The molecule has 0 fully saturated rings. The number of ether oxygens (including phenoxy) is 2. The van der Waals surface area contributed by atoms with Crippen molar-refractivity contribution in [1.82, 2.24) is 0 Å². The van der Waals surface area contributed by atoms with Crippen LogP contribution in [0.5, 0.6) is 0 Å². The van der Waals surface area contributed by atoms with E-state index < -0.39 is 0 Å². The predicted molar refractivity (Wildman–Crippen MR) is 60.3 cm³/mol. The number of carbonyl (C=O) groups is 2. The molecular formula is C9H15IO4. The molecule has 0 spiro atoms. The molecule has 0 heterocycles. The molecule has 0 bridgehead atoms. The van der Waals surface area contributed by atoms with Crippen molar-refractivity contribution >= 4 is 35.0 Å². The van der Waals surface area contributed by atoms with Crippen LogP contribution in [0.1, 0.15) is 19.8 Å². The summed E-state index contributed by atoms with van der Waals surface area (Å²) in [5.41, 5.74) is 0. The Morgan fingerprint density at radius 1 is 1.50 bits per heavy atom. The molecule has 0 aliphatic carbocycles. The molecule has 5 heteroatoms. The SMILES string of the molecule is CCC(CCOC=O)C(=O)OCCI. The van der Waals surface area contributed by atoms with Crippen LogP contribution in [0.4, 0.5) is 0 Å². The van der Waals surface area contributed by atoms with Crippen molar-refractivity contribution in [1.29, 1.82) is 0 Å². The maximum Gasteiger partial charge on any atom is 0.309 e. The van der Waals surface area contributed by atoms with Gasteiger partial charge in [0.25, 0.3) is 6.47 Å². The Morgan fingerprint density at radius 3 is 2.71 bits per heavy atom. The summed E-state index contributed by atoms with van der Waals surface area (Å²) in [5.74, 6) is -0.350. The molecule has 1 unspecified atom stereocenters. The number of hydrogen-bond acceptors (Lipinski definition) is 4. The lowest BCUT2D eigenvalue weighted by molar-refractivity contribution is -0.149. The van der Waals surface area contributed by atoms with E-state index in [2.05, 4.69) is 27.3 Å². The molecule has 0 rings (SSSR count). The quantitative estimate of drug-likeness (QED) is 0.224. The average molecular weight is 314 g/mol. The van der Waals surface area contributed by atoms with E-state index >= 15 is 0 Å². The van der Waals surface area contributed by atoms with Crippen molar-refractivity contribution in [3.05, 3.63) is 0 Å². The Hall–Kier alpha value is -0.330. The normalized spacial score (nSPS) is 11.9. The van der Waals surface area contributed by atoms with Crippen LogP contribution in [0.25, 0.3) is 0 Å². The Kier molecular flexibility index (Phi) is 9.02. The van der Waals surface area contributed by atoms with Gasteiger partial charge in [0.2, 0.25) is 0 Å². The van der Waals surface area contributed by atoms with Gasteiger partial charge >= 0.3 is 5.97 Å². The highest BCUT2D eigenvalue weighted by Crippen LogP contribution is 2.10. The van der Waals surface area contributed by atoms with Crippen LogP contribution >= 0.6 is 22.6 Å². The van der Waals surface area contributed by atoms with Crippen LogP contribution < -0.4 is 0 Å². The average Bonchev–Trinajstić information content (AvgIpc) is 2.21. The fraction of sp³-hybridized carbons (Fsp3) is 0.778. The van der Waals surface area contributed by atoms with Gasteiger partial charge in [0.15, 0.2) is 0 Å². The summed E-state index contributed by atoms with van der Waals surface area (Å²) < 4.78 is 10.3. The maximum atomic E-state index is 11.4. The zero-order valence-corrected chi connectivity index (χ0v) is 10.4. The maximum absolute atomic E-state index is 11.4. The summed E-state index contributed by atoms with van der Waals surface area (Å²) in [6.45, 7) is 3.03. The molecule has 0 saturated heterocycles. The van der Waals surface area contributed by atoms with Gasteiger partial charge in [-0.15, -0.1) is 0 Å². The minimum atomic E-state index is -0.196. The lowest BCUT2D eigenvalue weighted by atomic mass is 10.0. The monoisotopic (exact) mass is 314 g/mol. The fourth-order valence-corrected chi connectivity index (χ4v) is 1.22. The third-order valence-corrected chi connectivity index (χ3v) is 2.24. The Morgan fingerprint density at radius 2 is 2.21 bits per heavy atom. The van der Waals surface area contributed by atoms with Crippen molar-refractivity contribution in [3.8, 4) is 0 Å². The number of alkyl halides is 1. The number of hydrogen-bond donors (Lipinski definition) is 0. The Bertz CT molecular complexity index is 172. The van der Waals surface area contributed by atoms with Crippen LogP contribution in [-0.2, 0) is 19.1 Å². The molecule has 0 saturated carbocycles. The van der Waals surface area contributed by atoms with Crippen molar-refractivity contribution < 1.29 is 19.1 Å². The second kappa shape index (κ2) is 9.23. The lowest BCUT2D eigenvalue weighted by Crippen LogP contribution is -2.19. The minimum absolute atomic E-state index is 0.155. The number of carbonyl (C=O) groups excluding carboxylic acids is 2. The standard InChI is InChI=1S/C9H15IO4/c1-2-8(3-5-13-7-11)9(12)14-6-4-10/h7-8H,2-6H2,1H3. The van der Waals surface area contributed by atoms with Gasteiger partial charge in [0, 0.05) is 4.43 Å². The Labute approximate surface area is 97.5 Å². The predicted octanol–water partition coefficient (Wildman–Crippen LogP) is 1.55. The topological polar surface area (TPSA) is 52.6 Å². The van der Waals surface area contributed by atoms with E-state index in [9.17, 15) is 9.59 Å². The van der Waals surface area contributed by atoms with E-state index in [1.807, 2.05) is 6.92 Å². The van der Waals surface area contributed by atoms with E-state index in [1.165, 1.54) is 0 Å². The molecule has 0 aromatic carbocycles. The van der Waals surface area contributed by atoms with Gasteiger partial charge in [-0.25, -0.2) is 0 Å². The summed E-state index contributed by atoms with van der Waals surface area (Å²) in [6, 6.07) is 0. The summed E-state index contributed by atoms with van der Waals surface area (Å²) in [6.07, 6.45) is 1.25. The zero-order valence-electron chi connectivity index (χ0n) is 8.20. The van der Waals surface area contributed by atoms with Gasteiger partial charge in [-0.3, -0.25) is 9.59 Å². The van der Waals surface area contributed by atoms with Crippen molar-refractivity contribution in [2.45, 2.75) is 19.8 Å². The lowest BCUT2D eigenvalue weighted by Gasteiger charge is -2.12. The fourth-order valence-electron chi connectivity index (χ4n) is 1.00. The first-order valence-electron chi connectivity index (χ1n) is 4.54. The summed E-state index contributed by atoms with van der Waals surface area (Å²) in [7, 11) is 0. The smallest absolute Gasteiger partial charge is 0.309 e. The first kappa shape index (κ1) is 13.7. The van der Waals surface area contributed by atoms with E-state index in [0.717, 1.165) is 4.43 Å². The van der Waals surface area contributed by atoms with E-state index in [-0.39, 0.29) is 18.5 Å². The molecule has 0 radical (unpaired) electrons. The molecule has 82 valence electrons. The molecular weight excluding hydrogens is 299 g/mol. The van der Waals surface area contributed by atoms with Crippen LogP contribution in [0.3, 0.4) is 0 Å². The molecule has 0 aromatic heterocycles. The molecule has 0 aliphatic heterocycles. The minimum Gasteiger partial charge on any atom is -0.468 e. The Balaban J connectivity index is 3.74. The van der Waals surface area contributed by atoms with Gasteiger partial charge in [0.05, 0.1) is 12.5 Å². The summed E-state index contributed by atoms with van der Waals surface area (Å²) in [5, 5.41) is 0. The van der Waals surface area contributed by atoms with Crippen LogP contribution in [0, 0.1) is 5.92 Å². The van der Waals surface area contributed by atoms with Crippen molar-refractivity contribution in [2.24, 2.45) is 5.92 Å². The molecule has 0 aliphatic rings. The van der Waals surface area contributed by atoms with Crippen molar-refractivity contribution in [3.63, 3.8) is 0 Å². The van der Waals surface area contributed by atoms with Crippen molar-refractivity contribution in [2.75, 3.05) is 17.6 Å². The second-order valence-corrected chi connectivity index (χ2v) is 3.80. The summed E-state index contributed by atoms with van der Waals surface area (Å²) >= 11 is 2.14. The second-order valence-electron chi connectivity index (χ2n) is 2.72. The number of esters is 1. The molecule has 0 amide bonds. The first-order chi connectivity index (χ1) is 6.76. The molecule has 14 heavy (non-hydrogen) atoms. The number of halogens is 1. The van der Waals surface area contributed by atoms with Gasteiger partial charge < -0.3 is 9.47 Å². The highest BCUT2D eigenvalue weighted by atomic mass is 127. The van der Waals surface area contributed by atoms with Gasteiger partial charge in [-0.05, 0) is 12.8 Å². The van der Waals surface area contributed by atoms with Gasteiger partial charge in [-0.2, -0.15) is 0 Å². The van der Waals surface area contributed by atoms with E-state index in [1.54, 1.807) is 0 Å². The van der Waals surface area contributed by atoms with Crippen LogP contribution in [0.15, 0.2) is 0 Å². The largest absolute Gasteiger partial charge is 0.468 e. The molecule has 4 nitrogen and oxygen atoms in total. The van der Waals surface area contributed by atoms with Gasteiger partial charge in [-0.1, -0.05) is 29.5 Å². The van der Waals surface area contributed by atoms with E-state index in [4.69, 9.17) is 4.74 Å². The highest BCUT2D eigenvalue weighted by Gasteiger charge is 2.17. The first-order valence-corrected chi connectivity index (χ1v) is 6.06. The third kappa shape index (κ3) is 6.17. The number of rotatable bonds is 8. The zero-order chi connectivity index (χ0) is 10.8. The molecule has 0 aromatic rings. The highest BCUT2D eigenvalue weighted by molar-refractivity contribution is 14.1. The molecule has 1 atom stereocenters. The third-order valence-electron chi connectivity index (χ3n) is 1.80.